The fraction of sp³-hybridized carbons (Fsp3) is 0.0714. The molecule has 0 bridgehead atoms. The molecule has 0 unspecified atom stereocenters. The quantitative estimate of drug-likeness (QED) is 0.912. The Morgan fingerprint density at radius 1 is 1.35 bits per heavy atom. The SMILES string of the molecule is COc1cccc(C(=O)Nc2ccc(Cl)cc2F)c1O. The van der Waals surface area contributed by atoms with E-state index in [2.05, 4.69) is 5.32 Å². The Balaban J connectivity index is 2.28. The van der Waals surface area contributed by atoms with E-state index in [0.717, 1.165) is 6.07 Å². The smallest absolute Gasteiger partial charge is 0.259 e. The summed E-state index contributed by atoms with van der Waals surface area (Å²) in [7, 11) is 1.37. The lowest BCUT2D eigenvalue weighted by Crippen LogP contribution is -2.13. The summed E-state index contributed by atoms with van der Waals surface area (Å²) in [6.45, 7) is 0. The highest BCUT2D eigenvalue weighted by Crippen LogP contribution is 2.30. The van der Waals surface area contributed by atoms with Crippen molar-refractivity contribution in [3.8, 4) is 11.5 Å². The summed E-state index contributed by atoms with van der Waals surface area (Å²) in [4.78, 5) is 12.0. The third kappa shape index (κ3) is 2.83. The lowest BCUT2D eigenvalue weighted by atomic mass is 10.1. The van der Waals surface area contributed by atoms with Crippen LogP contribution in [-0.4, -0.2) is 18.1 Å². The van der Waals surface area contributed by atoms with E-state index in [1.807, 2.05) is 0 Å². The molecule has 2 aromatic carbocycles. The van der Waals surface area contributed by atoms with Crippen molar-refractivity contribution in [1.82, 2.24) is 0 Å². The van der Waals surface area contributed by atoms with Gasteiger partial charge in [-0.2, -0.15) is 0 Å². The van der Waals surface area contributed by atoms with Gasteiger partial charge in [-0.15, -0.1) is 0 Å². The molecule has 6 heteroatoms. The molecule has 0 aliphatic rings. The van der Waals surface area contributed by atoms with Gasteiger partial charge in [0.05, 0.1) is 18.4 Å². The highest BCUT2D eigenvalue weighted by molar-refractivity contribution is 6.30. The van der Waals surface area contributed by atoms with E-state index in [1.54, 1.807) is 6.07 Å². The van der Waals surface area contributed by atoms with Gasteiger partial charge in [0.2, 0.25) is 0 Å². The summed E-state index contributed by atoms with van der Waals surface area (Å²) >= 11 is 5.63. The van der Waals surface area contributed by atoms with Crippen molar-refractivity contribution >= 4 is 23.2 Å². The average molecular weight is 296 g/mol. The van der Waals surface area contributed by atoms with Crippen molar-refractivity contribution in [1.29, 1.82) is 0 Å². The molecule has 104 valence electrons. The van der Waals surface area contributed by atoms with Crippen LogP contribution in [0, 0.1) is 5.82 Å². The van der Waals surface area contributed by atoms with Crippen LogP contribution in [0.15, 0.2) is 36.4 Å². The Kier molecular flexibility index (Phi) is 4.10. The van der Waals surface area contributed by atoms with E-state index in [1.165, 1.54) is 31.4 Å². The van der Waals surface area contributed by atoms with Crippen LogP contribution < -0.4 is 10.1 Å². The number of phenolic OH excluding ortho intramolecular Hbond substituents is 1. The number of anilines is 1. The third-order valence-corrected chi connectivity index (χ3v) is 2.88. The van der Waals surface area contributed by atoms with Crippen LogP contribution in [0.25, 0.3) is 0 Å². The molecule has 2 aromatic rings. The van der Waals surface area contributed by atoms with Crippen LogP contribution >= 0.6 is 11.6 Å². The molecular formula is C14H11ClFNO3. The number of halogens is 2. The molecule has 0 heterocycles. The Hall–Kier alpha value is -2.27. The zero-order valence-electron chi connectivity index (χ0n) is 10.5. The van der Waals surface area contributed by atoms with E-state index in [9.17, 15) is 14.3 Å². The first-order valence-corrected chi connectivity index (χ1v) is 6.03. The number of rotatable bonds is 3. The van der Waals surface area contributed by atoms with Gasteiger partial charge in [0.25, 0.3) is 5.91 Å². The van der Waals surface area contributed by atoms with Crippen LogP contribution in [0.5, 0.6) is 11.5 Å². The van der Waals surface area contributed by atoms with Crippen molar-refractivity contribution in [2.45, 2.75) is 0 Å². The number of benzene rings is 2. The molecular weight excluding hydrogens is 285 g/mol. The first-order valence-electron chi connectivity index (χ1n) is 5.65. The normalized spacial score (nSPS) is 10.2. The molecule has 20 heavy (non-hydrogen) atoms. The maximum Gasteiger partial charge on any atom is 0.259 e. The van der Waals surface area contributed by atoms with Gasteiger partial charge in [-0.1, -0.05) is 17.7 Å². The molecule has 2 N–H and O–H groups in total. The predicted molar refractivity (Wildman–Crippen MR) is 74.0 cm³/mol. The Bertz CT molecular complexity index is 661. The number of para-hydroxylation sites is 1. The van der Waals surface area contributed by atoms with Crippen molar-refractivity contribution in [2.75, 3.05) is 12.4 Å². The van der Waals surface area contributed by atoms with E-state index < -0.39 is 11.7 Å². The number of amides is 1. The van der Waals surface area contributed by atoms with Crippen molar-refractivity contribution in [3.63, 3.8) is 0 Å². The second kappa shape index (κ2) is 5.79. The van der Waals surface area contributed by atoms with Crippen molar-refractivity contribution in [2.24, 2.45) is 0 Å². The van der Waals surface area contributed by atoms with Crippen LogP contribution in [0.3, 0.4) is 0 Å². The monoisotopic (exact) mass is 295 g/mol. The number of carbonyl (C=O) groups excluding carboxylic acids is 1. The number of hydrogen-bond acceptors (Lipinski definition) is 3. The predicted octanol–water partition coefficient (Wildman–Crippen LogP) is 3.45. The molecule has 2 rings (SSSR count). The van der Waals surface area contributed by atoms with Crippen LogP contribution in [0.1, 0.15) is 10.4 Å². The lowest BCUT2D eigenvalue weighted by molar-refractivity contribution is 0.102. The lowest BCUT2D eigenvalue weighted by Gasteiger charge is -2.10. The second-order valence-corrected chi connectivity index (χ2v) is 4.37. The van der Waals surface area contributed by atoms with Gasteiger partial charge in [0.1, 0.15) is 5.82 Å². The minimum Gasteiger partial charge on any atom is -0.504 e. The summed E-state index contributed by atoms with van der Waals surface area (Å²) in [5, 5.41) is 12.4. The fourth-order valence-electron chi connectivity index (χ4n) is 1.65. The molecule has 0 fully saturated rings. The van der Waals surface area contributed by atoms with Gasteiger partial charge in [0.15, 0.2) is 11.5 Å². The van der Waals surface area contributed by atoms with Gasteiger partial charge in [-0.05, 0) is 30.3 Å². The largest absolute Gasteiger partial charge is 0.504 e. The van der Waals surface area contributed by atoms with Crippen molar-refractivity contribution in [3.05, 3.63) is 52.8 Å². The average Bonchev–Trinajstić information content (AvgIpc) is 2.42. The number of carbonyl (C=O) groups is 1. The Morgan fingerprint density at radius 3 is 2.75 bits per heavy atom. The van der Waals surface area contributed by atoms with Gasteiger partial charge in [-0.25, -0.2) is 4.39 Å². The maximum atomic E-state index is 13.6. The van der Waals surface area contributed by atoms with E-state index in [-0.39, 0.29) is 27.8 Å². The van der Waals surface area contributed by atoms with Crippen molar-refractivity contribution < 1.29 is 19.0 Å². The first-order chi connectivity index (χ1) is 9.52. The fourth-order valence-corrected chi connectivity index (χ4v) is 1.81. The highest BCUT2D eigenvalue weighted by atomic mass is 35.5. The standard InChI is InChI=1S/C14H11ClFNO3/c1-20-12-4-2-3-9(13(12)18)14(19)17-11-6-5-8(15)7-10(11)16/h2-7,18H,1H3,(H,17,19). The zero-order valence-corrected chi connectivity index (χ0v) is 11.2. The van der Waals surface area contributed by atoms with E-state index in [4.69, 9.17) is 16.3 Å². The van der Waals surface area contributed by atoms with Crippen LogP contribution in [0.2, 0.25) is 5.02 Å². The molecule has 0 aliphatic heterocycles. The van der Waals surface area contributed by atoms with E-state index >= 15 is 0 Å². The minimum atomic E-state index is -0.659. The van der Waals surface area contributed by atoms with E-state index in [0.29, 0.717) is 0 Å². The highest BCUT2D eigenvalue weighted by Gasteiger charge is 2.16. The topological polar surface area (TPSA) is 58.6 Å². The Labute approximate surface area is 119 Å². The number of aromatic hydroxyl groups is 1. The molecule has 4 nitrogen and oxygen atoms in total. The first kappa shape index (κ1) is 14.1. The summed E-state index contributed by atoms with van der Waals surface area (Å²) in [6, 6.07) is 8.34. The summed E-state index contributed by atoms with van der Waals surface area (Å²) in [5.41, 5.74) is -0.0414. The number of nitrogens with one attached hydrogen (secondary N) is 1. The van der Waals surface area contributed by atoms with Gasteiger partial charge in [0, 0.05) is 5.02 Å². The molecule has 0 saturated heterocycles. The zero-order chi connectivity index (χ0) is 14.7. The molecule has 1 amide bonds. The number of phenols is 1. The maximum absolute atomic E-state index is 13.6. The summed E-state index contributed by atoms with van der Waals surface area (Å²) in [5.74, 6) is -1.45. The second-order valence-electron chi connectivity index (χ2n) is 3.93. The molecule has 0 aliphatic carbocycles. The molecule has 0 saturated carbocycles. The number of methoxy groups -OCH3 is 1. The van der Waals surface area contributed by atoms with Crippen LogP contribution in [0.4, 0.5) is 10.1 Å². The molecule has 0 radical (unpaired) electrons. The molecule has 0 spiro atoms. The molecule has 0 aromatic heterocycles. The minimum absolute atomic E-state index is 0.0151. The molecule has 0 atom stereocenters. The van der Waals surface area contributed by atoms with Gasteiger partial charge < -0.3 is 15.2 Å². The van der Waals surface area contributed by atoms with Crippen LogP contribution in [-0.2, 0) is 0 Å². The van der Waals surface area contributed by atoms with Gasteiger partial charge >= 0.3 is 0 Å². The third-order valence-electron chi connectivity index (χ3n) is 2.64. The number of hydrogen-bond donors (Lipinski definition) is 2. The Morgan fingerprint density at radius 2 is 2.10 bits per heavy atom. The number of ether oxygens (including phenoxy) is 1. The summed E-state index contributed by atoms with van der Waals surface area (Å²) in [6.07, 6.45) is 0. The summed E-state index contributed by atoms with van der Waals surface area (Å²) < 4.78 is 18.5. The van der Waals surface area contributed by atoms with Gasteiger partial charge in [-0.3, -0.25) is 4.79 Å².